The van der Waals surface area contributed by atoms with Crippen molar-refractivity contribution in [2.75, 3.05) is 35.7 Å². The molecule has 2 aromatic rings. The van der Waals surface area contributed by atoms with E-state index < -0.39 is 0 Å². The van der Waals surface area contributed by atoms with E-state index in [1.54, 1.807) is 6.33 Å². The molecule has 1 aromatic carbocycles. The minimum absolute atomic E-state index is 0.686. The van der Waals surface area contributed by atoms with Gasteiger partial charge in [0.05, 0.1) is 0 Å². The SMILES string of the molecule is CCCCN(C)c1ncnc(N2CCc3ccccc3C2)c1N. The molecule has 0 amide bonds. The molecular weight excluding hydrogens is 286 g/mol. The van der Waals surface area contributed by atoms with Crippen LogP contribution in [0.3, 0.4) is 0 Å². The van der Waals surface area contributed by atoms with Gasteiger partial charge in [0.1, 0.15) is 12.0 Å². The summed E-state index contributed by atoms with van der Waals surface area (Å²) in [5, 5.41) is 0. The van der Waals surface area contributed by atoms with Crippen molar-refractivity contribution >= 4 is 17.3 Å². The highest BCUT2D eigenvalue weighted by atomic mass is 15.2. The Morgan fingerprint density at radius 2 is 2.00 bits per heavy atom. The van der Waals surface area contributed by atoms with Gasteiger partial charge in [-0.1, -0.05) is 37.6 Å². The summed E-state index contributed by atoms with van der Waals surface area (Å²) in [5.41, 5.74) is 9.87. The molecule has 5 nitrogen and oxygen atoms in total. The molecule has 0 atom stereocenters. The fourth-order valence-corrected chi connectivity index (χ4v) is 3.11. The molecule has 0 fully saturated rings. The van der Waals surface area contributed by atoms with E-state index in [-0.39, 0.29) is 0 Å². The zero-order valence-electron chi connectivity index (χ0n) is 14.0. The predicted octanol–water partition coefficient (Wildman–Crippen LogP) is 2.86. The Hall–Kier alpha value is -2.30. The van der Waals surface area contributed by atoms with Gasteiger partial charge in [0.15, 0.2) is 11.6 Å². The zero-order chi connectivity index (χ0) is 16.2. The Morgan fingerprint density at radius 1 is 1.22 bits per heavy atom. The molecule has 0 aliphatic carbocycles. The lowest BCUT2D eigenvalue weighted by molar-refractivity contribution is 0.718. The summed E-state index contributed by atoms with van der Waals surface area (Å²) < 4.78 is 0. The number of aromatic nitrogens is 2. The summed E-state index contributed by atoms with van der Waals surface area (Å²) in [6.07, 6.45) is 4.95. The Morgan fingerprint density at radius 3 is 2.78 bits per heavy atom. The number of unbranched alkanes of at least 4 members (excludes halogenated alkanes) is 1. The standard InChI is InChI=1S/C18H25N5/c1-3-4-10-22(2)17-16(19)18(21-13-20-17)23-11-9-14-7-5-6-8-15(14)12-23/h5-8,13H,3-4,9-12,19H2,1-2H3. The fraction of sp³-hybridized carbons (Fsp3) is 0.444. The van der Waals surface area contributed by atoms with Crippen molar-refractivity contribution < 1.29 is 0 Å². The number of rotatable bonds is 5. The van der Waals surface area contributed by atoms with E-state index >= 15 is 0 Å². The number of anilines is 3. The minimum atomic E-state index is 0.686. The van der Waals surface area contributed by atoms with E-state index in [9.17, 15) is 0 Å². The summed E-state index contributed by atoms with van der Waals surface area (Å²) in [5.74, 6) is 1.69. The third kappa shape index (κ3) is 3.23. The molecule has 0 saturated heterocycles. The first-order chi connectivity index (χ1) is 11.2. The Balaban J connectivity index is 1.84. The second kappa shape index (κ2) is 6.86. The molecule has 2 heterocycles. The number of fused-ring (bicyclic) bond motifs is 1. The summed E-state index contributed by atoms with van der Waals surface area (Å²) in [7, 11) is 2.05. The summed E-state index contributed by atoms with van der Waals surface area (Å²) in [6.45, 7) is 4.94. The molecule has 122 valence electrons. The molecule has 0 radical (unpaired) electrons. The van der Waals surface area contributed by atoms with E-state index in [4.69, 9.17) is 5.73 Å². The van der Waals surface area contributed by atoms with Crippen LogP contribution in [0.5, 0.6) is 0 Å². The third-order valence-corrected chi connectivity index (χ3v) is 4.48. The number of nitrogen functional groups attached to an aromatic ring is 1. The molecule has 1 aliphatic rings. The van der Waals surface area contributed by atoms with Crippen LogP contribution in [0, 0.1) is 0 Å². The monoisotopic (exact) mass is 311 g/mol. The number of benzene rings is 1. The lowest BCUT2D eigenvalue weighted by Crippen LogP contribution is -2.32. The van der Waals surface area contributed by atoms with Gasteiger partial charge in [0, 0.05) is 26.7 Å². The summed E-state index contributed by atoms with van der Waals surface area (Å²) in [6, 6.07) is 8.59. The van der Waals surface area contributed by atoms with Crippen molar-refractivity contribution in [2.24, 2.45) is 0 Å². The topological polar surface area (TPSA) is 58.3 Å². The smallest absolute Gasteiger partial charge is 0.157 e. The molecule has 0 spiro atoms. The van der Waals surface area contributed by atoms with E-state index in [0.29, 0.717) is 5.69 Å². The van der Waals surface area contributed by atoms with Crippen LogP contribution in [0.25, 0.3) is 0 Å². The highest BCUT2D eigenvalue weighted by Crippen LogP contribution is 2.31. The molecular formula is C18H25N5. The largest absolute Gasteiger partial charge is 0.393 e. The van der Waals surface area contributed by atoms with Gasteiger partial charge in [0.25, 0.3) is 0 Å². The lowest BCUT2D eigenvalue weighted by atomic mass is 10.00. The highest BCUT2D eigenvalue weighted by Gasteiger charge is 2.21. The van der Waals surface area contributed by atoms with E-state index in [0.717, 1.165) is 50.5 Å². The first-order valence-electron chi connectivity index (χ1n) is 8.34. The lowest BCUT2D eigenvalue weighted by Gasteiger charge is -2.31. The molecule has 2 N–H and O–H groups in total. The van der Waals surface area contributed by atoms with Crippen molar-refractivity contribution in [2.45, 2.75) is 32.7 Å². The maximum Gasteiger partial charge on any atom is 0.157 e. The van der Waals surface area contributed by atoms with E-state index in [1.165, 1.54) is 11.1 Å². The summed E-state index contributed by atoms with van der Waals surface area (Å²) >= 11 is 0. The Kier molecular flexibility index (Phi) is 4.65. The molecule has 23 heavy (non-hydrogen) atoms. The number of nitrogens with two attached hydrogens (primary N) is 1. The van der Waals surface area contributed by atoms with Crippen molar-refractivity contribution in [3.8, 4) is 0 Å². The van der Waals surface area contributed by atoms with Crippen molar-refractivity contribution in [1.29, 1.82) is 0 Å². The Bertz CT molecular complexity index is 670. The quantitative estimate of drug-likeness (QED) is 0.920. The third-order valence-electron chi connectivity index (χ3n) is 4.48. The minimum Gasteiger partial charge on any atom is -0.393 e. The molecule has 1 aromatic heterocycles. The van der Waals surface area contributed by atoms with Gasteiger partial charge in [0.2, 0.25) is 0 Å². The van der Waals surface area contributed by atoms with Gasteiger partial charge < -0.3 is 15.5 Å². The van der Waals surface area contributed by atoms with Crippen LogP contribution in [0.15, 0.2) is 30.6 Å². The van der Waals surface area contributed by atoms with Crippen LogP contribution < -0.4 is 15.5 Å². The first kappa shape index (κ1) is 15.6. The van der Waals surface area contributed by atoms with Gasteiger partial charge in [-0.05, 0) is 24.0 Å². The molecule has 0 bridgehead atoms. The van der Waals surface area contributed by atoms with Crippen LogP contribution >= 0.6 is 0 Å². The van der Waals surface area contributed by atoms with Gasteiger partial charge in [-0.2, -0.15) is 0 Å². The van der Waals surface area contributed by atoms with Crippen LogP contribution in [-0.4, -0.2) is 30.1 Å². The van der Waals surface area contributed by atoms with Gasteiger partial charge >= 0.3 is 0 Å². The highest BCUT2D eigenvalue weighted by molar-refractivity contribution is 5.75. The normalized spacial score (nSPS) is 13.7. The number of hydrogen-bond acceptors (Lipinski definition) is 5. The van der Waals surface area contributed by atoms with Crippen LogP contribution in [0.1, 0.15) is 30.9 Å². The second-order valence-electron chi connectivity index (χ2n) is 6.15. The second-order valence-corrected chi connectivity index (χ2v) is 6.15. The zero-order valence-corrected chi connectivity index (χ0v) is 14.0. The van der Waals surface area contributed by atoms with Gasteiger partial charge in [-0.3, -0.25) is 0 Å². The average Bonchev–Trinajstić information content (AvgIpc) is 2.59. The van der Waals surface area contributed by atoms with Crippen molar-refractivity contribution in [3.05, 3.63) is 41.7 Å². The van der Waals surface area contributed by atoms with Gasteiger partial charge in [-0.15, -0.1) is 0 Å². The first-order valence-corrected chi connectivity index (χ1v) is 8.34. The maximum absolute atomic E-state index is 6.40. The van der Waals surface area contributed by atoms with Gasteiger partial charge in [-0.25, -0.2) is 9.97 Å². The van der Waals surface area contributed by atoms with Crippen molar-refractivity contribution in [3.63, 3.8) is 0 Å². The number of hydrogen-bond donors (Lipinski definition) is 1. The average molecular weight is 311 g/mol. The predicted molar refractivity (Wildman–Crippen MR) is 95.8 cm³/mol. The summed E-state index contributed by atoms with van der Waals surface area (Å²) in [4.78, 5) is 13.2. The molecule has 5 heteroatoms. The Labute approximate surface area is 138 Å². The van der Waals surface area contributed by atoms with Crippen LogP contribution in [0.4, 0.5) is 17.3 Å². The maximum atomic E-state index is 6.40. The van der Waals surface area contributed by atoms with E-state index in [1.807, 2.05) is 7.05 Å². The number of nitrogens with zero attached hydrogens (tertiary/aromatic N) is 4. The molecule has 1 aliphatic heterocycles. The van der Waals surface area contributed by atoms with Crippen LogP contribution in [-0.2, 0) is 13.0 Å². The molecule has 0 saturated carbocycles. The van der Waals surface area contributed by atoms with E-state index in [2.05, 4.69) is 51.0 Å². The molecule has 0 unspecified atom stereocenters. The molecule has 3 rings (SSSR count). The fourth-order valence-electron chi connectivity index (χ4n) is 3.11. The van der Waals surface area contributed by atoms with Crippen molar-refractivity contribution in [1.82, 2.24) is 9.97 Å². The van der Waals surface area contributed by atoms with Crippen LogP contribution in [0.2, 0.25) is 0 Å².